The van der Waals surface area contributed by atoms with Crippen LogP contribution < -0.4 is 11.5 Å². The number of hydrogen-bond donors (Lipinski definition) is 3. The average Bonchev–Trinajstić information content (AvgIpc) is 1.63. The third kappa shape index (κ3) is 5.05. The van der Waals surface area contributed by atoms with Crippen molar-refractivity contribution in [2.24, 2.45) is 16.5 Å². The number of aliphatic imine (C=N–C) groups is 1. The number of rotatable bonds is 3. The van der Waals surface area contributed by atoms with E-state index in [9.17, 15) is 0 Å². The summed E-state index contributed by atoms with van der Waals surface area (Å²) < 4.78 is 4.56. The molecule has 0 bridgehead atoms. The Bertz CT molecular complexity index is 100.0. The minimum absolute atomic E-state index is 0.0454. The first-order chi connectivity index (χ1) is 4.16. The first kappa shape index (κ1) is 8.19. The van der Waals surface area contributed by atoms with E-state index in [-0.39, 0.29) is 12.8 Å². The highest BCUT2D eigenvalue weighted by molar-refractivity contribution is 5.75. The molecule has 0 saturated carbocycles. The van der Waals surface area contributed by atoms with Gasteiger partial charge in [0.2, 0.25) is 0 Å². The number of ether oxygens (including phenoxy) is 1. The first-order valence-corrected chi connectivity index (χ1v) is 2.48. The van der Waals surface area contributed by atoms with Crippen molar-refractivity contribution in [3.8, 4) is 0 Å². The van der Waals surface area contributed by atoms with E-state index in [1.807, 2.05) is 0 Å². The second-order valence-corrected chi connectivity index (χ2v) is 1.45. The summed E-state index contributed by atoms with van der Waals surface area (Å²) in [5, 5.41) is 8.18. The fourth-order valence-electron chi connectivity index (χ4n) is 0.355. The molecule has 0 aliphatic carbocycles. The summed E-state index contributed by atoms with van der Waals surface area (Å²) in [6.45, 7) is 1.24. The Morgan fingerprint density at radius 1 is 1.78 bits per heavy atom. The summed E-state index contributed by atoms with van der Waals surface area (Å²) in [4.78, 5) is 3.56. The van der Waals surface area contributed by atoms with Gasteiger partial charge in [-0.2, -0.15) is 0 Å². The van der Waals surface area contributed by atoms with Crippen LogP contribution in [0.4, 0.5) is 0 Å². The summed E-state index contributed by atoms with van der Waals surface area (Å²) in [5.41, 5.74) is 9.98. The zero-order chi connectivity index (χ0) is 7.28. The number of aliphatic hydroxyl groups excluding tert-OH is 1. The highest BCUT2D eigenvalue weighted by Gasteiger charge is 1.94. The molecule has 5 nitrogen and oxygen atoms in total. The lowest BCUT2D eigenvalue weighted by Gasteiger charge is -2.03. The summed E-state index contributed by atoms with van der Waals surface area (Å²) in [5.74, 6) is -0.0454. The Balaban J connectivity index is 3.49. The average molecular weight is 133 g/mol. The quantitative estimate of drug-likeness (QED) is 0.250. The van der Waals surface area contributed by atoms with Gasteiger partial charge in [0.15, 0.2) is 12.2 Å². The molecule has 0 fully saturated rings. The minimum atomic E-state index is -0.472. The summed E-state index contributed by atoms with van der Waals surface area (Å²) in [6.07, 6.45) is -0.472. The molecule has 0 aromatic rings. The molecule has 0 spiro atoms. The normalized spacial score (nSPS) is 12.7. The number of nitrogens with two attached hydrogens (primary N) is 2. The molecular weight excluding hydrogens is 122 g/mol. The van der Waals surface area contributed by atoms with Gasteiger partial charge < -0.3 is 21.3 Å². The van der Waals surface area contributed by atoms with Gasteiger partial charge in [0.25, 0.3) is 0 Å². The first-order valence-electron chi connectivity index (χ1n) is 2.48. The van der Waals surface area contributed by atoms with Gasteiger partial charge in [-0.3, -0.25) is 0 Å². The van der Waals surface area contributed by atoms with Crippen LogP contribution in [0.1, 0.15) is 6.92 Å². The highest BCUT2D eigenvalue weighted by atomic mass is 16.6. The standard InChI is InChI=1S/C4H11N3O2/c1-3(9-2-8)7-4(5)6/h3,8H,2H2,1H3,(H4,5,6,7). The second kappa shape index (κ2) is 4.11. The fourth-order valence-corrected chi connectivity index (χ4v) is 0.355. The van der Waals surface area contributed by atoms with Crippen molar-refractivity contribution in [3.63, 3.8) is 0 Å². The van der Waals surface area contributed by atoms with Gasteiger partial charge in [-0.1, -0.05) is 0 Å². The molecule has 1 atom stereocenters. The Kier molecular flexibility index (Phi) is 3.74. The predicted octanol–water partition coefficient (Wildman–Crippen LogP) is -1.43. The fraction of sp³-hybridized carbons (Fsp3) is 0.750. The van der Waals surface area contributed by atoms with Crippen LogP contribution in [-0.4, -0.2) is 24.1 Å². The van der Waals surface area contributed by atoms with Crippen LogP contribution in [0.15, 0.2) is 4.99 Å². The lowest BCUT2D eigenvalue weighted by Crippen LogP contribution is -2.25. The van der Waals surface area contributed by atoms with Gasteiger partial charge in [-0.25, -0.2) is 4.99 Å². The number of hydrogen-bond acceptors (Lipinski definition) is 3. The van der Waals surface area contributed by atoms with Crippen LogP contribution in [-0.2, 0) is 4.74 Å². The summed E-state index contributed by atoms with van der Waals surface area (Å²) in [7, 11) is 0. The highest BCUT2D eigenvalue weighted by Crippen LogP contribution is 1.88. The maximum Gasteiger partial charge on any atom is 0.188 e. The Hall–Kier alpha value is -0.810. The molecule has 0 aliphatic rings. The molecule has 0 amide bonds. The second-order valence-electron chi connectivity index (χ2n) is 1.45. The van der Waals surface area contributed by atoms with Crippen LogP contribution >= 0.6 is 0 Å². The van der Waals surface area contributed by atoms with Crippen molar-refractivity contribution in [2.45, 2.75) is 13.2 Å². The molecule has 0 rings (SSSR count). The molecule has 1 unspecified atom stereocenters. The van der Waals surface area contributed by atoms with Crippen molar-refractivity contribution in [1.82, 2.24) is 0 Å². The molecule has 0 heterocycles. The third-order valence-electron chi connectivity index (χ3n) is 0.647. The molecule has 0 aromatic carbocycles. The summed E-state index contributed by atoms with van der Waals surface area (Å²) in [6, 6.07) is 0. The van der Waals surface area contributed by atoms with E-state index >= 15 is 0 Å². The maximum absolute atomic E-state index is 8.18. The minimum Gasteiger partial charge on any atom is -0.371 e. The van der Waals surface area contributed by atoms with Gasteiger partial charge in [-0.05, 0) is 6.92 Å². The van der Waals surface area contributed by atoms with Gasteiger partial charge in [-0.15, -0.1) is 0 Å². The Labute approximate surface area is 53.3 Å². The zero-order valence-corrected chi connectivity index (χ0v) is 5.24. The molecule has 54 valence electrons. The lowest BCUT2D eigenvalue weighted by atomic mass is 10.7. The van der Waals surface area contributed by atoms with Gasteiger partial charge >= 0.3 is 0 Å². The number of guanidine groups is 1. The van der Waals surface area contributed by atoms with Crippen LogP contribution in [0.3, 0.4) is 0 Å². The van der Waals surface area contributed by atoms with E-state index in [4.69, 9.17) is 16.6 Å². The molecule has 0 aromatic heterocycles. The predicted molar refractivity (Wildman–Crippen MR) is 33.4 cm³/mol. The lowest BCUT2D eigenvalue weighted by molar-refractivity contribution is -0.0384. The van der Waals surface area contributed by atoms with Crippen LogP contribution in [0.25, 0.3) is 0 Å². The monoisotopic (exact) mass is 133 g/mol. The molecule has 5 N–H and O–H groups in total. The van der Waals surface area contributed by atoms with Gasteiger partial charge in [0, 0.05) is 0 Å². The van der Waals surface area contributed by atoms with Crippen LogP contribution in [0.5, 0.6) is 0 Å². The molecule has 0 saturated heterocycles. The number of nitrogens with zero attached hydrogens (tertiary/aromatic N) is 1. The SMILES string of the molecule is CC(N=C(N)N)OCO. The van der Waals surface area contributed by atoms with E-state index in [2.05, 4.69) is 9.73 Å². The van der Waals surface area contributed by atoms with E-state index in [1.54, 1.807) is 6.92 Å². The van der Waals surface area contributed by atoms with Gasteiger partial charge in [0.1, 0.15) is 6.79 Å². The van der Waals surface area contributed by atoms with E-state index in [0.29, 0.717) is 0 Å². The molecule has 0 radical (unpaired) electrons. The van der Waals surface area contributed by atoms with E-state index < -0.39 is 6.23 Å². The molecular formula is C4H11N3O2. The Morgan fingerprint density at radius 2 is 2.33 bits per heavy atom. The van der Waals surface area contributed by atoms with Crippen molar-refractivity contribution in [1.29, 1.82) is 0 Å². The van der Waals surface area contributed by atoms with Crippen molar-refractivity contribution >= 4 is 5.96 Å². The van der Waals surface area contributed by atoms with E-state index in [1.165, 1.54) is 0 Å². The molecule has 0 aliphatic heterocycles. The number of aliphatic hydroxyl groups is 1. The third-order valence-corrected chi connectivity index (χ3v) is 0.647. The van der Waals surface area contributed by atoms with Crippen molar-refractivity contribution in [2.75, 3.05) is 6.79 Å². The maximum atomic E-state index is 8.18. The zero-order valence-electron chi connectivity index (χ0n) is 5.24. The summed E-state index contributed by atoms with van der Waals surface area (Å²) >= 11 is 0. The Morgan fingerprint density at radius 3 is 2.67 bits per heavy atom. The molecule has 9 heavy (non-hydrogen) atoms. The van der Waals surface area contributed by atoms with Crippen LogP contribution in [0.2, 0.25) is 0 Å². The van der Waals surface area contributed by atoms with Crippen molar-refractivity contribution < 1.29 is 9.84 Å². The topological polar surface area (TPSA) is 93.9 Å². The largest absolute Gasteiger partial charge is 0.371 e. The van der Waals surface area contributed by atoms with Crippen LogP contribution in [0, 0.1) is 0 Å². The van der Waals surface area contributed by atoms with E-state index in [0.717, 1.165) is 0 Å². The van der Waals surface area contributed by atoms with Gasteiger partial charge in [0.05, 0.1) is 0 Å². The smallest absolute Gasteiger partial charge is 0.188 e. The molecule has 5 heteroatoms. The van der Waals surface area contributed by atoms with Crippen molar-refractivity contribution in [3.05, 3.63) is 0 Å².